The van der Waals surface area contributed by atoms with Crippen molar-refractivity contribution in [2.75, 3.05) is 0 Å². The van der Waals surface area contributed by atoms with E-state index in [4.69, 9.17) is 0 Å². The molecule has 1 nitrogen and oxygen atoms in total. The van der Waals surface area contributed by atoms with E-state index in [0.29, 0.717) is 5.92 Å². The topological polar surface area (TPSA) is 20.2 Å². The van der Waals surface area contributed by atoms with E-state index in [-0.39, 0.29) is 0 Å². The van der Waals surface area contributed by atoms with Gasteiger partial charge >= 0.3 is 0 Å². The molecule has 0 amide bonds. The van der Waals surface area contributed by atoms with Crippen LogP contribution in [0.15, 0.2) is 30.3 Å². The third kappa shape index (κ3) is 2.34. The molecule has 1 heteroatoms. The Morgan fingerprint density at radius 2 is 1.92 bits per heavy atom. The maximum Gasteiger partial charge on any atom is 0.140 e. The van der Waals surface area contributed by atoms with E-state index in [1.54, 1.807) is 0 Å². The van der Waals surface area contributed by atoms with Gasteiger partial charge in [-0.3, -0.25) is 0 Å². The summed E-state index contributed by atoms with van der Waals surface area (Å²) in [5.74, 6) is 6.48. The van der Waals surface area contributed by atoms with Crippen LogP contribution in [0.25, 0.3) is 0 Å². The molecule has 0 unspecified atom stereocenters. The van der Waals surface area contributed by atoms with Crippen molar-refractivity contribution in [3.63, 3.8) is 0 Å². The SMILES string of the molecule is O[C@H](C#CC1CC1)c1ccccc1. The summed E-state index contributed by atoms with van der Waals surface area (Å²) in [5, 5.41) is 9.62. The van der Waals surface area contributed by atoms with Crippen LogP contribution in [-0.4, -0.2) is 5.11 Å². The molecule has 0 radical (unpaired) electrons. The van der Waals surface area contributed by atoms with Crippen molar-refractivity contribution in [2.24, 2.45) is 5.92 Å². The lowest BCUT2D eigenvalue weighted by molar-refractivity contribution is 0.238. The van der Waals surface area contributed by atoms with Crippen molar-refractivity contribution < 1.29 is 5.11 Å². The standard InChI is InChI=1S/C12H12O/c13-12(9-8-10-6-7-10)11-4-2-1-3-5-11/h1-5,10,12-13H,6-7H2/t12-/m1/s1. The van der Waals surface area contributed by atoms with E-state index < -0.39 is 6.10 Å². The van der Waals surface area contributed by atoms with Crippen LogP contribution in [0, 0.1) is 17.8 Å². The minimum absolute atomic E-state index is 0.554. The molecule has 1 aromatic rings. The number of rotatable bonds is 1. The Hall–Kier alpha value is -1.26. The van der Waals surface area contributed by atoms with Crippen LogP contribution >= 0.6 is 0 Å². The Morgan fingerprint density at radius 1 is 1.23 bits per heavy atom. The molecule has 13 heavy (non-hydrogen) atoms. The zero-order valence-electron chi connectivity index (χ0n) is 7.40. The maximum absolute atomic E-state index is 9.62. The van der Waals surface area contributed by atoms with Gasteiger partial charge in [-0.25, -0.2) is 0 Å². The second-order valence-electron chi connectivity index (χ2n) is 3.38. The lowest BCUT2D eigenvalue weighted by atomic mass is 10.1. The van der Waals surface area contributed by atoms with Crippen LogP contribution in [0.1, 0.15) is 24.5 Å². The predicted molar refractivity (Wildman–Crippen MR) is 51.9 cm³/mol. The molecule has 66 valence electrons. The first-order valence-electron chi connectivity index (χ1n) is 4.60. The molecule has 0 aromatic heterocycles. The molecule has 1 aliphatic carbocycles. The van der Waals surface area contributed by atoms with Gasteiger partial charge in [0, 0.05) is 5.92 Å². The summed E-state index contributed by atoms with van der Waals surface area (Å²) < 4.78 is 0. The van der Waals surface area contributed by atoms with Gasteiger partial charge in [-0.05, 0) is 18.4 Å². The van der Waals surface area contributed by atoms with Crippen LogP contribution in [0.5, 0.6) is 0 Å². The molecule has 1 aliphatic rings. The molecule has 0 spiro atoms. The fraction of sp³-hybridized carbons (Fsp3) is 0.333. The summed E-state index contributed by atoms with van der Waals surface area (Å²) in [6, 6.07) is 9.55. The van der Waals surface area contributed by atoms with Crippen LogP contribution in [0.2, 0.25) is 0 Å². The van der Waals surface area contributed by atoms with Crippen LogP contribution in [0.4, 0.5) is 0 Å². The van der Waals surface area contributed by atoms with Gasteiger partial charge in [-0.15, -0.1) is 0 Å². The van der Waals surface area contributed by atoms with Gasteiger partial charge in [0.1, 0.15) is 6.10 Å². The van der Waals surface area contributed by atoms with Crippen molar-refractivity contribution >= 4 is 0 Å². The summed E-state index contributed by atoms with van der Waals surface area (Å²) in [5.41, 5.74) is 0.885. The highest BCUT2D eigenvalue weighted by molar-refractivity contribution is 5.25. The molecular weight excluding hydrogens is 160 g/mol. The quantitative estimate of drug-likeness (QED) is 0.643. The first-order valence-corrected chi connectivity index (χ1v) is 4.60. The van der Waals surface area contributed by atoms with Gasteiger partial charge in [0.15, 0.2) is 0 Å². The third-order valence-electron chi connectivity index (χ3n) is 2.12. The van der Waals surface area contributed by atoms with E-state index in [1.165, 1.54) is 12.8 Å². The van der Waals surface area contributed by atoms with E-state index in [0.717, 1.165) is 5.56 Å². The third-order valence-corrected chi connectivity index (χ3v) is 2.12. The van der Waals surface area contributed by atoms with Gasteiger partial charge in [0.2, 0.25) is 0 Å². The van der Waals surface area contributed by atoms with Crippen molar-refractivity contribution in [3.05, 3.63) is 35.9 Å². The van der Waals surface area contributed by atoms with Gasteiger partial charge < -0.3 is 5.11 Å². The minimum atomic E-state index is -0.609. The number of hydrogen-bond acceptors (Lipinski definition) is 1. The highest BCUT2D eigenvalue weighted by Gasteiger charge is 2.18. The first-order chi connectivity index (χ1) is 6.36. The Bertz CT molecular complexity index is 327. The smallest absolute Gasteiger partial charge is 0.140 e. The second-order valence-corrected chi connectivity index (χ2v) is 3.38. The van der Waals surface area contributed by atoms with E-state index in [2.05, 4.69) is 11.8 Å². The monoisotopic (exact) mass is 172 g/mol. The van der Waals surface area contributed by atoms with E-state index in [9.17, 15) is 5.11 Å². The van der Waals surface area contributed by atoms with E-state index in [1.807, 2.05) is 30.3 Å². The van der Waals surface area contributed by atoms with Crippen LogP contribution < -0.4 is 0 Å². The molecule has 0 bridgehead atoms. The van der Waals surface area contributed by atoms with Crippen molar-refractivity contribution in [2.45, 2.75) is 18.9 Å². The van der Waals surface area contributed by atoms with E-state index >= 15 is 0 Å². The largest absolute Gasteiger partial charge is 0.376 e. The molecule has 0 saturated heterocycles. The minimum Gasteiger partial charge on any atom is -0.376 e. The molecule has 2 rings (SSSR count). The summed E-state index contributed by atoms with van der Waals surface area (Å²) in [7, 11) is 0. The number of aliphatic hydroxyl groups is 1. The van der Waals surface area contributed by atoms with Gasteiger partial charge in [0.05, 0.1) is 0 Å². The Morgan fingerprint density at radius 3 is 2.54 bits per heavy atom. The zero-order valence-corrected chi connectivity index (χ0v) is 7.40. The zero-order chi connectivity index (χ0) is 9.10. The first kappa shape index (κ1) is 8.34. The molecule has 1 aromatic carbocycles. The van der Waals surface area contributed by atoms with Crippen LogP contribution in [-0.2, 0) is 0 Å². The Balaban J connectivity index is 2.05. The molecule has 1 fully saturated rings. The van der Waals surface area contributed by atoms with Crippen molar-refractivity contribution in [3.8, 4) is 11.8 Å². The van der Waals surface area contributed by atoms with Crippen molar-refractivity contribution in [1.82, 2.24) is 0 Å². The number of benzene rings is 1. The lowest BCUT2D eigenvalue weighted by Gasteiger charge is -2.01. The van der Waals surface area contributed by atoms with Gasteiger partial charge in [0.25, 0.3) is 0 Å². The fourth-order valence-electron chi connectivity index (χ4n) is 1.14. The molecule has 1 saturated carbocycles. The van der Waals surface area contributed by atoms with Gasteiger partial charge in [-0.1, -0.05) is 42.2 Å². The molecule has 0 aliphatic heterocycles. The average Bonchev–Trinajstić information content (AvgIpc) is 2.99. The normalized spacial score (nSPS) is 17.3. The fourth-order valence-corrected chi connectivity index (χ4v) is 1.14. The number of aliphatic hydroxyl groups excluding tert-OH is 1. The Kier molecular flexibility index (Phi) is 2.33. The molecule has 0 heterocycles. The average molecular weight is 172 g/mol. The highest BCUT2D eigenvalue weighted by atomic mass is 16.3. The Labute approximate surface area is 78.4 Å². The molecule has 1 atom stereocenters. The van der Waals surface area contributed by atoms with Crippen LogP contribution in [0.3, 0.4) is 0 Å². The summed E-state index contributed by atoms with van der Waals surface area (Å²) in [4.78, 5) is 0. The maximum atomic E-state index is 9.62. The second kappa shape index (κ2) is 3.64. The van der Waals surface area contributed by atoms with Crippen molar-refractivity contribution in [1.29, 1.82) is 0 Å². The van der Waals surface area contributed by atoms with Gasteiger partial charge in [-0.2, -0.15) is 0 Å². The predicted octanol–water partition coefficient (Wildman–Crippen LogP) is 2.13. The molecule has 1 N–H and O–H groups in total. The number of hydrogen-bond donors (Lipinski definition) is 1. The molecular formula is C12H12O. The highest BCUT2D eigenvalue weighted by Crippen LogP contribution is 2.27. The summed E-state index contributed by atoms with van der Waals surface area (Å²) >= 11 is 0. The summed E-state index contributed by atoms with van der Waals surface area (Å²) in [6.07, 6.45) is 1.80. The lowest BCUT2D eigenvalue weighted by Crippen LogP contribution is -1.92. The summed E-state index contributed by atoms with van der Waals surface area (Å²) in [6.45, 7) is 0.